The van der Waals surface area contributed by atoms with Crippen LogP contribution in [0.25, 0.3) is 0 Å². The summed E-state index contributed by atoms with van der Waals surface area (Å²) >= 11 is 0. The highest BCUT2D eigenvalue weighted by atomic mass is 16.5. The Labute approximate surface area is 83.1 Å². The van der Waals surface area contributed by atoms with E-state index in [2.05, 4.69) is 5.32 Å². The van der Waals surface area contributed by atoms with Gasteiger partial charge in [0.15, 0.2) is 0 Å². The second kappa shape index (κ2) is 4.62. The molecule has 1 unspecified atom stereocenters. The predicted octanol–water partition coefficient (Wildman–Crippen LogP) is 0.981. The fourth-order valence-corrected chi connectivity index (χ4v) is 0.930. The maximum absolute atomic E-state index is 11.2. The molecule has 0 aliphatic heterocycles. The molecule has 0 radical (unpaired) electrons. The van der Waals surface area contributed by atoms with E-state index in [1.165, 1.54) is 0 Å². The number of methoxy groups -OCH3 is 1. The Hall–Kier alpha value is -1.55. The fraction of sp³-hybridized carbons (Fsp3) is 0.300. The molecule has 0 fully saturated rings. The van der Waals surface area contributed by atoms with E-state index in [1.807, 2.05) is 0 Å². The van der Waals surface area contributed by atoms with E-state index < -0.39 is 6.04 Å². The van der Waals surface area contributed by atoms with E-state index in [4.69, 9.17) is 10.5 Å². The summed E-state index contributed by atoms with van der Waals surface area (Å²) < 4.78 is 4.98. The first-order valence-corrected chi connectivity index (χ1v) is 4.34. The normalized spacial score (nSPS) is 11.9. The Kier molecular flexibility index (Phi) is 3.48. The lowest BCUT2D eigenvalue weighted by molar-refractivity contribution is -0.117. The first kappa shape index (κ1) is 10.5. The quantitative estimate of drug-likeness (QED) is 0.753. The lowest BCUT2D eigenvalue weighted by Crippen LogP contribution is -2.32. The number of hydrogen-bond donors (Lipinski definition) is 2. The Bertz CT molecular complexity index is 306. The smallest absolute Gasteiger partial charge is 0.240 e. The maximum Gasteiger partial charge on any atom is 0.240 e. The molecule has 1 rings (SSSR count). The lowest BCUT2D eigenvalue weighted by Gasteiger charge is -2.07. The lowest BCUT2D eigenvalue weighted by atomic mass is 10.2. The molecule has 4 nitrogen and oxygen atoms in total. The second-order valence-electron chi connectivity index (χ2n) is 3.01. The van der Waals surface area contributed by atoms with Crippen LogP contribution in [0.2, 0.25) is 0 Å². The van der Waals surface area contributed by atoms with Gasteiger partial charge in [0.25, 0.3) is 0 Å². The van der Waals surface area contributed by atoms with Crippen molar-refractivity contribution in [3.63, 3.8) is 0 Å². The van der Waals surface area contributed by atoms with E-state index in [0.29, 0.717) is 5.69 Å². The van der Waals surface area contributed by atoms with Crippen molar-refractivity contribution in [1.82, 2.24) is 0 Å². The van der Waals surface area contributed by atoms with Crippen molar-refractivity contribution in [1.29, 1.82) is 0 Å². The number of nitrogens with one attached hydrogen (secondary N) is 1. The minimum Gasteiger partial charge on any atom is -0.497 e. The molecule has 0 aromatic heterocycles. The van der Waals surface area contributed by atoms with Crippen LogP contribution in [-0.4, -0.2) is 19.1 Å². The van der Waals surface area contributed by atoms with E-state index >= 15 is 0 Å². The average Bonchev–Trinajstić information content (AvgIpc) is 2.19. The van der Waals surface area contributed by atoms with E-state index in [9.17, 15) is 4.79 Å². The summed E-state index contributed by atoms with van der Waals surface area (Å²) in [6, 6.07) is 6.57. The molecular formula is C10H14N2O2. The van der Waals surface area contributed by atoms with Gasteiger partial charge >= 0.3 is 0 Å². The topological polar surface area (TPSA) is 64.3 Å². The van der Waals surface area contributed by atoms with Crippen LogP contribution in [-0.2, 0) is 4.79 Å². The van der Waals surface area contributed by atoms with Gasteiger partial charge in [0.1, 0.15) is 5.75 Å². The third kappa shape index (κ3) is 2.74. The summed E-state index contributed by atoms with van der Waals surface area (Å²) in [4.78, 5) is 11.2. The molecular weight excluding hydrogens is 180 g/mol. The Morgan fingerprint density at radius 2 is 2.00 bits per heavy atom. The number of rotatable bonds is 3. The molecule has 0 aliphatic rings. The van der Waals surface area contributed by atoms with Gasteiger partial charge < -0.3 is 15.8 Å². The first-order valence-electron chi connectivity index (χ1n) is 4.34. The Balaban J connectivity index is 2.64. The summed E-state index contributed by atoms with van der Waals surface area (Å²) in [6.07, 6.45) is 0. The molecule has 1 atom stereocenters. The number of nitrogens with two attached hydrogens (primary N) is 1. The van der Waals surface area contributed by atoms with Gasteiger partial charge in [-0.15, -0.1) is 0 Å². The zero-order valence-corrected chi connectivity index (χ0v) is 8.28. The molecule has 0 aliphatic carbocycles. The fourth-order valence-electron chi connectivity index (χ4n) is 0.930. The predicted molar refractivity (Wildman–Crippen MR) is 55.3 cm³/mol. The molecule has 0 heterocycles. The summed E-state index contributed by atoms with van der Waals surface area (Å²) in [5.41, 5.74) is 6.12. The van der Waals surface area contributed by atoms with Gasteiger partial charge in [-0.3, -0.25) is 4.79 Å². The van der Waals surface area contributed by atoms with Crippen LogP contribution in [0.3, 0.4) is 0 Å². The van der Waals surface area contributed by atoms with Crippen LogP contribution >= 0.6 is 0 Å². The SMILES string of the molecule is COc1ccc(NC(=O)C(C)N)cc1. The van der Waals surface area contributed by atoms with Crippen LogP contribution in [0.5, 0.6) is 5.75 Å². The zero-order valence-electron chi connectivity index (χ0n) is 8.28. The molecule has 76 valence electrons. The van der Waals surface area contributed by atoms with Gasteiger partial charge in [0.2, 0.25) is 5.91 Å². The van der Waals surface area contributed by atoms with Gasteiger partial charge in [0.05, 0.1) is 13.2 Å². The molecule has 14 heavy (non-hydrogen) atoms. The molecule has 0 bridgehead atoms. The van der Waals surface area contributed by atoms with Crippen LogP contribution in [0.4, 0.5) is 5.69 Å². The van der Waals surface area contributed by atoms with Gasteiger partial charge in [-0.25, -0.2) is 0 Å². The first-order chi connectivity index (χ1) is 6.63. The minimum absolute atomic E-state index is 0.199. The van der Waals surface area contributed by atoms with Crippen molar-refractivity contribution in [3.8, 4) is 5.75 Å². The van der Waals surface area contributed by atoms with Gasteiger partial charge in [-0.1, -0.05) is 0 Å². The summed E-state index contributed by atoms with van der Waals surface area (Å²) in [5, 5.41) is 2.67. The molecule has 3 N–H and O–H groups in total. The summed E-state index contributed by atoms with van der Waals surface area (Å²) in [5.74, 6) is 0.555. The second-order valence-corrected chi connectivity index (χ2v) is 3.01. The van der Waals surface area contributed by atoms with Crippen molar-refractivity contribution < 1.29 is 9.53 Å². The van der Waals surface area contributed by atoms with E-state index in [1.54, 1.807) is 38.3 Å². The zero-order chi connectivity index (χ0) is 10.6. The van der Waals surface area contributed by atoms with Gasteiger partial charge in [-0.05, 0) is 31.2 Å². The molecule has 0 saturated carbocycles. The molecule has 0 saturated heterocycles. The molecule has 4 heteroatoms. The van der Waals surface area contributed by atoms with Crippen LogP contribution in [0, 0.1) is 0 Å². The number of carbonyl (C=O) groups is 1. The van der Waals surface area contributed by atoms with E-state index in [-0.39, 0.29) is 5.91 Å². The van der Waals surface area contributed by atoms with Crippen molar-refractivity contribution in [3.05, 3.63) is 24.3 Å². The third-order valence-electron chi connectivity index (χ3n) is 1.77. The highest BCUT2D eigenvalue weighted by molar-refractivity contribution is 5.94. The standard InChI is InChI=1S/C10H14N2O2/c1-7(11)10(13)12-8-3-5-9(14-2)6-4-8/h3-7H,11H2,1-2H3,(H,12,13). The average molecular weight is 194 g/mol. The highest BCUT2D eigenvalue weighted by Crippen LogP contribution is 2.14. The number of carbonyl (C=O) groups excluding carboxylic acids is 1. The number of benzene rings is 1. The number of amides is 1. The third-order valence-corrected chi connectivity index (χ3v) is 1.77. The Morgan fingerprint density at radius 3 is 2.43 bits per heavy atom. The maximum atomic E-state index is 11.2. The van der Waals surface area contributed by atoms with Crippen LogP contribution in [0.15, 0.2) is 24.3 Å². The van der Waals surface area contributed by atoms with Crippen LogP contribution < -0.4 is 15.8 Å². The van der Waals surface area contributed by atoms with Gasteiger partial charge in [-0.2, -0.15) is 0 Å². The largest absolute Gasteiger partial charge is 0.497 e. The Morgan fingerprint density at radius 1 is 1.43 bits per heavy atom. The highest BCUT2D eigenvalue weighted by Gasteiger charge is 2.06. The monoisotopic (exact) mass is 194 g/mol. The summed E-state index contributed by atoms with van der Waals surface area (Å²) in [6.45, 7) is 1.64. The van der Waals surface area contributed by atoms with Crippen molar-refractivity contribution >= 4 is 11.6 Å². The number of hydrogen-bond acceptors (Lipinski definition) is 3. The molecule has 1 amide bonds. The van der Waals surface area contributed by atoms with Gasteiger partial charge in [0, 0.05) is 5.69 Å². The molecule has 0 spiro atoms. The van der Waals surface area contributed by atoms with Crippen LogP contribution in [0.1, 0.15) is 6.92 Å². The number of anilines is 1. The van der Waals surface area contributed by atoms with Crippen molar-refractivity contribution in [2.45, 2.75) is 13.0 Å². The number of ether oxygens (including phenoxy) is 1. The molecule has 1 aromatic rings. The molecule has 1 aromatic carbocycles. The van der Waals surface area contributed by atoms with E-state index in [0.717, 1.165) is 5.75 Å². The summed E-state index contributed by atoms with van der Waals surface area (Å²) in [7, 11) is 1.59. The van der Waals surface area contributed by atoms with Crippen molar-refractivity contribution in [2.24, 2.45) is 5.73 Å². The minimum atomic E-state index is -0.503. The van der Waals surface area contributed by atoms with Crippen molar-refractivity contribution in [2.75, 3.05) is 12.4 Å².